The van der Waals surface area contributed by atoms with Crippen LogP contribution < -0.4 is 5.32 Å². The molecule has 90 valence electrons. The number of hydrogen-bond acceptors (Lipinski definition) is 3. The molecule has 0 saturated heterocycles. The Balaban J connectivity index is 2.02. The van der Waals surface area contributed by atoms with Crippen LogP contribution in [0.2, 0.25) is 4.34 Å². The minimum Gasteiger partial charge on any atom is -0.301 e. The van der Waals surface area contributed by atoms with Crippen molar-refractivity contribution in [1.82, 2.24) is 10.3 Å². The van der Waals surface area contributed by atoms with Crippen molar-refractivity contribution < 1.29 is 0 Å². The molecule has 4 heteroatoms. The molecule has 0 aromatic carbocycles. The van der Waals surface area contributed by atoms with E-state index in [1.165, 1.54) is 4.88 Å². The van der Waals surface area contributed by atoms with E-state index in [9.17, 15) is 0 Å². The predicted molar refractivity (Wildman–Crippen MR) is 73.5 cm³/mol. The second-order valence-corrected chi connectivity index (χ2v) is 5.75. The van der Waals surface area contributed by atoms with Crippen molar-refractivity contribution in [3.63, 3.8) is 0 Å². The smallest absolute Gasteiger partial charge is 0.0931 e. The molecule has 2 nitrogen and oxygen atoms in total. The number of pyridine rings is 1. The van der Waals surface area contributed by atoms with Gasteiger partial charge in [0.2, 0.25) is 0 Å². The third-order valence-electron chi connectivity index (χ3n) is 2.65. The maximum atomic E-state index is 5.94. The highest BCUT2D eigenvalue weighted by Crippen LogP contribution is 2.28. The van der Waals surface area contributed by atoms with E-state index in [1.807, 2.05) is 30.5 Å². The Kier molecular flexibility index (Phi) is 4.15. The van der Waals surface area contributed by atoms with Gasteiger partial charge in [-0.25, -0.2) is 0 Å². The van der Waals surface area contributed by atoms with Crippen LogP contribution in [-0.4, -0.2) is 4.98 Å². The van der Waals surface area contributed by atoms with Crippen molar-refractivity contribution in [1.29, 1.82) is 0 Å². The number of aromatic nitrogens is 1. The molecule has 0 bridgehead atoms. The summed E-state index contributed by atoms with van der Waals surface area (Å²) < 4.78 is 0.833. The molecular weight excluding hydrogens is 252 g/mol. The van der Waals surface area contributed by atoms with Gasteiger partial charge in [0.25, 0.3) is 0 Å². The summed E-state index contributed by atoms with van der Waals surface area (Å²) in [6.45, 7) is 4.26. The van der Waals surface area contributed by atoms with Crippen LogP contribution in [0.25, 0.3) is 0 Å². The van der Waals surface area contributed by atoms with Gasteiger partial charge in [-0.15, -0.1) is 11.3 Å². The molecule has 2 aromatic heterocycles. The van der Waals surface area contributed by atoms with Crippen molar-refractivity contribution >= 4 is 22.9 Å². The Bertz CT molecular complexity index is 469. The van der Waals surface area contributed by atoms with Crippen molar-refractivity contribution in [2.75, 3.05) is 0 Å². The third kappa shape index (κ3) is 3.28. The molecule has 2 heterocycles. The first-order chi connectivity index (χ1) is 8.16. The maximum absolute atomic E-state index is 5.94. The number of halogens is 1. The predicted octanol–water partition coefficient (Wildman–Crippen LogP) is 4.21. The SMILES string of the molecule is CC(N[C@H](C)c1ccccn1)c1ccc(Cl)s1. The highest BCUT2D eigenvalue weighted by molar-refractivity contribution is 7.16. The molecule has 0 fully saturated rings. The Morgan fingerprint density at radius 1 is 1.18 bits per heavy atom. The summed E-state index contributed by atoms with van der Waals surface area (Å²) in [7, 11) is 0. The minimum atomic E-state index is 0.229. The first-order valence-corrected chi connectivity index (χ1v) is 6.78. The lowest BCUT2D eigenvalue weighted by atomic mass is 10.1. The van der Waals surface area contributed by atoms with Crippen LogP contribution in [0.15, 0.2) is 36.5 Å². The monoisotopic (exact) mass is 266 g/mol. The second-order valence-electron chi connectivity index (χ2n) is 4.01. The fraction of sp³-hybridized carbons (Fsp3) is 0.308. The summed E-state index contributed by atoms with van der Waals surface area (Å²) in [5.41, 5.74) is 1.06. The number of thiophene rings is 1. The van der Waals surface area contributed by atoms with Gasteiger partial charge in [0.15, 0.2) is 0 Å². The van der Waals surface area contributed by atoms with Gasteiger partial charge in [0.1, 0.15) is 0 Å². The molecular formula is C13H15ClN2S. The molecule has 0 aliphatic rings. The zero-order valence-corrected chi connectivity index (χ0v) is 11.4. The normalized spacial score (nSPS) is 14.5. The lowest BCUT2D eigenvalue weighted by Crippen LogP contribution is -2.22. The summed E-state index contributed by atoms with van der Waals surface area (Å²) in [5.74, 6) is 0. The van der Waals surface area contributed by atoms with E-state index in [2.05, 4.69) is 30.2 Å². The van der Waals surface area contributed by atoms with Gasteiger partial charge in [0.05, 0.1) is 10.0 Å². The van der Waals surface area contributed by atoms with Gasteiger partial charge in [-0.05, 0) is 38.1 Å². The molecule has 0 amide bonds. The molecule has 0 aliphatic carbocycles. The fourth-order valence-corrected chi connectivity index (χ4v) is 2.81. The fourth-order valence-electron chi connectivity index (χ4n) is 1.74. The van der Waals surface area contributed by atoms with Crippen LogP contribution in [-0.2, 0) is 0 Å². The quantitative estimate of drug-likeness (QED) is 0.897. The van der Waals surface area contributed by atoms with Crippen molar-refractivity contribution in [2.45, 2.75) is 25.9 Å². The van der Waals surface area contributed by atoms with Crippen LogP contribution in [0.1, 0.15) is 36.5 Å². The lowest BCUT2D eigenvalue weighted by Gasteiger charge is -2.18. The van der Waals surface area contributed by atoms with Crippen LogP contribution in [0.3, 0.4) is 0 Å². The molecule has 17 heavy (non-hydrogen) atoms. The molecule has 0 aliphatic heterocycles. The number of hydrogen-bond donors (Lipinski definition) is 1. The van der Waals surface area contributed by atoms with E-state index in [0.29, 0.717) is 0 Å². The van der Waals surface area contributed by atoms with E-state index in [1.54, 1.807) is 11.3 Å². The Morgan fingerprint density at radius 3 is 2.59 bits per heavy atom. The van der Waals surface area contributed by atoms with E-state index in [0.717, 1.165) is 10.0 Å². The summed E-state index contributed by atoms with van der Waals surface area (Å²) >= 11 is 7.55. The van der Waals surface area contributed by atoms with Crippen LogP contribution in [0.5, 0.6) is 0 Å². The highest BCUT2D eigenvalue weighted by atomic mass is 35.5. The topological polar surface area (TPSA) is 24.9 Å². The summed E-state index contributed by atoms with van der Waals surface area (Å²) in [6.07, 6.45) is 1.82. The number of rotatable bonds is 4. The van der Waals surface area contributed by atoms with Crippen molar-refractivity contribution in [2.24, 2.45) is 0 Å². The van der Waals surface area contributed by atoms with E-state index >= 15 is 0 Å². The molecule has 2 atom stereocenters. The molecule has 0 saturated carbocycles. The van der Waals surface area contributed by atoms with Crippen LogP contribution in [0.4, 0.5) is 0 Å². The first kappa shape index (κ1) is 12.6. The molecule has 1 N–H and O–H groups in total. The van der Waals surface area contributed by atoms with Crippen LogP contribution >= 0.6 is 22.9 Å². The zero-order chi connectivity index (χ0) is 12.3. The van der Waals surface area contributed by atoms with Gasteiger partial charge >= 0.3 is 0 Å². The molecule has 0 spiro atoms. The molecule has 2 rings (SSSR count). The standard InChI is InChI=1S/C13H15ClN2S/c1-9(11-5-3-4-8-15-11)16-10(2)12-6-7-13(14)17-12/h3-10,16H,1-2H3/t9-,10?/m1/s1. The largest absolute Gasteiger partial charge is 0.301 e. The summed E-state index contributed by atoms with van der Waals surface area (Å²) in [6, 6.07) is 10.5. The summed E-state index contributed by atoms with van der Waals surface area (Å²) in [4.78, 5) is 5.59. The Hall–Kier alpha value is -0.900. The maximum Gasteiger partial charge on any atom is 0.0931 e. The second kappa shape index (κ2) is 5.63. The van der Waals surface area contributed by atoms with E-state index in [-0.39, 0.29) is 12.1 Å². The Morgan fingerprint density at radius 2 is 2.00 bits per heavy atom. The third-order valence-corrected chi connectivity index (χ3v) is 4.07. The van der Waals surface area contributed by atoms with Gasteiger partial charge in [-0.1, -0.05) is 17.7 Å². The number of nitrogens with zero attached hydrogens (tertiary/aromatic N) is 1. The van der Waals surface area contributed by atoms with Gasteiger partial charge in [0, 0.05) is 23.2 Å². The van der Waals surface area contributed by atoms with Gasteiger partial charge in [-0.2, -0.15) is 0 Å². The minimum absolute atomic E-state index is 0.229. The van der Waals surface area contributed by atoms with Gasteiger partial charge in [-0.3, -0.25) is 4.98 Å². The molecule has 1 unspecified atom stereocenters. The van der Waals surface area contributed by atoms with Crippen molar-refractivity contribution in [3.8, 4) is 0 Å². The van der Waals surface area contributed by atoms with Crippen molar-refractivity contribution in [3.05, 3.63) is 51.4 Å². The molecule has 0 radical (unpaired) electrons. The number of nitrogens with one attached hydrogen (secondary N) is 1. The first-order valence-electron chi connectivity index (χ1n) is 5.59. The van der Waals surface area contributed by atoms with E-state index in [4.69, 9.17) is 11.6 Å². The van der Waals surface area contributed by atoms with Crippen LogP contribution in [0, 0.1) is 0 Å². The Labute approximate surface area is 111 Å². The van der Waals surface area contributed by atoms with Gasteiger partial charge < -0.3 is 5.32 Å². The average Bonchev–Trinajstić information content (AvgIpc) is 2.77. The average molecular weight is 267 g/mol. The lowest BCUT2D eigenvalue weighted by molar-refractivity contribution is 0.491. The highest BCUT2D eigenvalue weighted by Gasteiger charge is 2.13. The zero-order valence-electron chi connectivity index (χ0n) is 9.85. The summed E-state index contributed by atoms with van der Waals surface area (Å²) in [5, 5.41) is 3.52. The van der Waals surface area contributed by atoms with E-state index < -0.39 is 0 Å². The molecule has 2 aromatic rings.